The topological polar surface area (TPSA) is 32.5 Å². The Hall–Kier alpha value is -0.120. The molecule has 2 aliphatic heterocycles. The number of piperidine rings is 2. The molecule has 3 atom stereocenters. The fourth-order valence-electron chi connectivity index (χ4n) is 3.81. The molecule has 0 radical (unpaired) electrons. The Morgan fingerprint density at radius 3 is 2.71 bits per heavy atom. The average molecular weight is 239 g/mol. The lowest BCUT2D eigenvalue weighted by Gasteiger charge is -2.53. The summed E-state index contributed by atoms with van der Waals surface area (Å²) in [6, 6.07) is 0.709. The van der Waals surface area contributed by atoms with Crippen LogP contribution in [0.25, 0.3) is 0 Å². The van der Waals surface area contributed by atoms with E-state index in [0.29, 0.717) is 6.04 Å². The Morgan fingerprint density at radius 2 is 2.06 bits per heavy atom. The van der Waals surface area contributed by atoms with E-state index in [1.54, 1.807) is 0 Å². The molecule has 0 aromatic carbocycles. The van der Waals surface area contributed by atoms with Gasteiger partial charge in [0.2, 0.25) is 0 Å². The van der Waals surface area contributed by atoms with Crippen LogP contribution in [0.4, 0.5) is 0 Å². The maximum atomic E-state index is 6.17. The molecule has 0 bridgehead atoms. The smallest absolute Gasteiger partial charge is 0.0461 e. The van der Waals surface area contributed by atoms with E-state index in [9.17, 15) is 0 Å². The van der Waals surface area contributed by atoms with Crippen LogP contribution >= 0.6 is 0 Å². The van der Waals surface area contributed by atoms with Crippen LogP contribution in [0.15, 0.2) is 0 Å². The minimum Gasteiger partial charge on any atom is -0.329 e. The van der Waals surface area contributed by atoms with E-state index < -0.39 is 0 Å². The van der Waals surface area contributed by atoms with Gasteiger partial charge in [-0.2, -0.15) is 0 Å². The predicted octanol–water partition coefficient (Wildman–Crippen LogP) is 1.53. The van der Waals surface area contributed by atoms with Gasteiger partial charge < -0.3 is 10.6 Å². The SMILES string of the molecule is CC1CCC(C)N(C2(CN)CCCN(C)C2)C1. The molecule has 2 saturated heterocycles. The van der Waals surface area contributed by atoms with Crippen LogP contribution in [0.5, 0.6) is 0 Å². The van der Waals surface area contributed by atoms with Crippen LogP contribution < -0.4 is 5.73 Å². The lowest BCUT2D eigenvalue weighted by Crippen LogP contribution is -2.65. The quantitative estimate of drug-likeness (QED) is 0.793. The van der Waals surface area contributed by atoms with Gasteiger partial charge in [0.25, 0.3) is 0 Å². The molecule has 3 unspecified atom stereocenters. The molecular formula is C14H29N3. The second-order valence-corrected chi connectivity index (χ2v) is 6.45. The summed E-state index contributed by atoms with van der Waals surface area (Å²) in [6.45, 7) is 9.22. The number of hydrogen-bond donors (Lipinski definition) is 1. The van der Waals surface area contributed by atoms with Gasteiger partial charge in [-0.3, -0.25) is 4.90 Å². The maximum absolute atomic E-state index is 6.17. The van der Waals surface area contributed by atoms with E-state index >= 15 is 0 Å². The normalized spacial score (nSPS) is 41.6. The molecule has 0 aromatic heterocycles. The van der Waals surface area contributed by atoms with E-state index in [2.05, 4.69) is 30.7 Å². The van der Waals surface area contributed by atoms with E-state index in [1.165, 1.54) is 38.8 Å². The predicted molar refractivity (Wildman–Crippen MR) is 73.1 cm³/mol. The van der Waals surface area contributed by atoms with E-state index in [0.717, 1.165) is 19.0 Å². The van der Waals surface area contributed by atoms with Crippen molar-refractivity contribution in [1.29, 1.82) is 0 Å². The standard InChI is InChI=1S/C14H29N3/c1-12-5-6-13(2)17(9-12)14(10-15)7-4-8-16(3)11-14/h12-13H,4-11,15H2,1-3H3. The molecule has 2 N–H and O–H groups in total. The minimum atomic E-state index is 0.251. The largest absolute Gasteiger partial charge is 0.329 e. The second-order valence-electron chi connectivity index (χ2n) is 6.45. The van der Waals surface area contributed by atoms with Crippen LogP contribution in [0.3, 0.4) is 0 Å². The Morgan fingerprint density at radius 1 is 1.29 bits per heavy atom. The zero-order valence-electron chi connectivity index (χ0n) is 11.8. The van der Waals surface area contributed by atoms with Gasteiger partial charge in [-0.05, 0) is 52.1 Å². The summed E-state index contributed by atoms with van der Waals surface area (Å²) < 4.78 is 0. The number of likely N-dealkylation sites (tertiary alicyclic amines) is 2. The van der Waals surface area contributed by atoms with Gasteiger partial charge in [0.15, 0.2) is 0 Å². The van der Waals surface area contributed by atoms with Crippen molar-refractivity contribution < 1.29 is 0 Å². The van der Waals surface area contributed by atoms with Gasteiger partial charge >= 0.3 is 0 Å². The fourth-order valence-corrected chi connectivity index (χ4v) is 3.81. The Labute approximate surface area is 106 Å². The lowest BCUT2D eigenvalue weighted by molar-refractivity contribution is -0.0296. The van der Waals surface area contributed by atoms with Gasteiger partial charge in [0.05, 0.1) is 0 Å². The van der Waals surface area contributed by atoms with Crippen molar-refractivity contribution in [3.63, 3.8) is 0 Å². The molecule has 2 heterocycles. The van der Waals surface area contributed by atoms with Gasteiger partial charge in [-0.15, -0.1) is 0 Å². The molecule has 3 nitrogen and oxygen atoms in total. The summed E-state index contributed by atoms with van der Waals surface area (Å²) in [5.41, 5.74) is 6.42. The van der Waals surface area contributed by atoms with Crippen LogP contribution in [0.2, 0.25) is 0 Å². The number of nitrogens with zero attached hydrogens (tertiary/aromatic N) is 2. The van der Waals surface area contributed by atoms with Crippen molar-refractivity contribution in [2.45, 2.75) is 51.1 Å². The lowest BCUT2D eigenvalue weighted by atomic mass is 9.82. The summed E-state index contributed by atoms with van der Waals surface area (Å²) in [6.07, 6.45) is 5.30. The van der Waals surface area contributed by atoms with E-state index in [1.807, 2.05) is 0 Å². The van der Waals surface area contributed by atoms with Crippen LogP contribution in [-0.2, 0) is 0 Å². The molecule has 0 aromatic rings. The van der Waals surface area contributed by atoms with Crippen molar-refractivity contribution in [3.05, 3.63) is 0 Å². The van der Waals surface area contributed by atoms with Crippen molar-refractivity contribution in [1.82, 2.24) is 9.80 Å². The molecule has 2 rings (SSSR count). The number of rotatable bonds is 2. The van der Waals surface area contributed by atoms with Crippen LogP contribution in [0, 0.1) is 5.92 Å². The summed E-state index contributed by atoms with van der Waals surface area (Å²) in [5.74, 6) is 0.835. The Balaban J connectivity index is 2.14. The first-order chi connectivity index (χ1) is 8.07. The molecule has 0 saturated carbocycles. The third-order valence-electron chi connectivity index (χ3n) is 4.85. The first-order valence-corrected chi connectivity index (χ1v) is 7.23. The fraction of sp³-hybridized carbons (Fsp3) is 1.00. The minimum absolute atomic E-state index is 0.251. The molecule has 100 valence electrons. The third-order valence-corrected chi connectivity index (χ3v) is 4.85. The highest BCUT2D eigenvalue weighted by Crippen LogP contribution is 2.33. The van der Waals surface area contributed by atoms with Gasteiger partial charge in [-0.1, -0.05) is 6.92 Å². The Bertz CT molecular complexity index is 256. The van der Waals surface area contributed by atoms with Crippen molar-refractivity contribution in [3.8, 4) is 0 Å². The molecule has 0 spiro atoms. The highest BCUT2D eigenvalue weighted by Gasteiger charge is 2.42. The van der Waals surface area contributed by atoms with Crippen molar-refractivity contribution >= 4 is 0 Å². The number of hydrogen-bond acceptors (Lipinski definition) is 3. The average Bonchev–Trinajstić information content (AvgIpc) is 2.32. The zero-order chi connectivity index (χ0) is 12.5. The highest BCUT2D eigenvalue weighted by molar-refractivity contribution is 5.00. The summed E-state index contributed by atoms with van der Waals surface area (Å²) in [7, 11) is 2.24. The summed E-state index contributed by atoms with van der Waals surface area (Å²) in [4.78, 5) is 5.19. The number of likely N-dealkylation sites (N-methyl/N-ethyl adjacent to an activating group) is 1. The summed E-state index contributed by atoms with van der Waals surface area (Å²) in [5, 5.41) is 0. The van der Waals surface area contributed by atoms with Crippen LogP contribution in [0.1, 0.15) is 39.5 Å². The molecule has 3 heteroatoms. The zero-order valence-corrected chi connectivity index (χ0v) is 11.8. The third kappa shape index (κ3) is 2.67. The molecule has 17 heavy (non-hydrogen) atoms. The highest BCUT2D eigenvalue weighted by atomic mass is 15.3. The molecule has 2 aliphatic rings. The number of nitrogens with two attached hydrogens (primary N) is 1. The van der Waals surface area contributed by atoms with Gasteiger partial charge in [-0.25, -0.2) is 0 Å². The first kappa shape index (κ1) is 13.3. The van der Waals surface area contributed by atoms with Crippen molar-refractivity contribution in [2.75, 3.05) is 33.2 Å². The van der Waals surface area contributed by atoms with Crippen molar-refractivity contribution in [2.24, 2.45) is 11.7 Å². The van der Waals surface area contributed by atoms with E-state index in [-0.39, 0.29) is 5.54 Å². The van der Waals surface area contributed by atoms with E-state index in [4.69, 9.17) is 5.73 Å². The molecule has 2 fully saturated rings. The van der Waals surface area contributed by atoms with Crippen LogP contribution in [-0.4, -0.2) is 54.6 Å². The molecule has 0 amide bonds. The van der Waals surface area contributed by atoms with Gasteiger partial charge in [0.1, 0.15) is 0 Å². The Kier molecular flexibility index (Phi) is 4.11. The molecule has 0 aliphatic carbocycles. The second kappa shape index (κ2) is 5.25. The summed E-state index contributed by atoms with van der Waals surface area (Å²) >= 11 is 0. The first-order valence-electron chi connectivity index (χ1n) is 7.23. The monoisotopic (exact) mass is 239 g/mol. The van der Waals surface area contributed by atoms with Gasteiger partial charge in [0, 0.05) is 31.2 Å². The maximum Gasteiger partial charge on any atom is 0.0461 e. The molecular weight excluding hydrogens is 210 g/mol.